The smallest absolute Gasteiger partial charge is 0.198 e. The normalized spacial score (nSPS) is 11.7. The zero-order chi connectivity index (χ0) is 9.12. The molecule has 68 valence electrons. The van der Waals surface area contributed by atoms with Gasteiger partial charge < -0.3 is 4.12 Å². The molecule has 12 heavy (non-hydrogen) atoms. The van der Waals surface area contributed by atoms with Crippen molar-refractivity contribution in [3.8, 4) is 0 Å². The van der Waals surface area contributed by atoms with Crippen LogP contribution in [0.5, 0.6) is 0 Å². The first-order valence-corrected chi connectivity index (χ1v) is 9.77. The number of rotatable bonds is 4. The van der Waals surface area contributed by atoms with Crippen molar-refractivity contribution in [3.63, 3.8) is 0 Å². The lowest BCUT2D eigenvalue weighted by Gasteiger charge is -2.29. The molecule has 0 rings (SSSR count). The third-order valence-electron chi connectivity index (χ3n) is 1.51. The molecule has 4 heteroatoms. The summed E-state index contributed by atoms with van der Waals surface area (Å²) in [6, 6.07) is 0. The predicted molar refractivity (Wildman–Crippen MR) is 62.2 cm³/mol. The fourth-order valence-corrected chi connectivity index (χ4v) is 6.85. The molecule has 0 fully saturated rings. The van der Waals surface area contributed by atoms with E-state index in [-0.39, 0.29) is 11.0 Å². The molecule has 0 aliphatic heterocycles. The van der Waals surface area contributed by atoms with Crippen molar-refractivity contribution in [2.75, 3.05) is 0 Å². The molecule has 0 saturated heterocycles. The Morgan fingerprint density at radius 3 is 1.33 bits per heavy atom. The summed E-state index contributed by atoms with van der Waals surface area (Å²) in [7, 11) is -3.16. The van der Waals surface area contributed by atoms with E-state index in [2.05, 4.69) is 39.3 Å². The van der Waals surface area contributed by atoms with Crippen molar-refractivity contribution in [2.24, 2.45) is 0 Å². The second-order valence-electron chi connectivity index (χ2n) is 3.72. The molecule has 0 aliphatic carbocycles. The van der Waals surface area contributed by atoms with Crippen molar-refractivity contribution in [1.29, 1.82) is 0 Å². The first kappa shape index (κ1) is 14.6. The third kappa shape index (κ3) is 5.70. The monoisotopic (exact) mass is 214 g/mol. The van der Waals surface area contributed by atoms with Crippen LogP contribution in [0.2, 0.25) is 26.2 Å². The van der Waals surface area contributed by atoms with Crippen LogP contribution in [-0.2, 0) is 4.12 Å². The highest BCUT2D eigenvalue weighted by Crippen LogP contribution is 2.15. The molecule has 0 spiro atoms. The first-order chi connectivity index (χ1) is 4.83. The average Bonchev–Trinajstić information content (AvgIpc) is 1.86. The van der Waals surface area contributed by atoms with Gasteiger partial charge in [0.2, 0.25) is 0 Å². The van der Waals surface area contributed by atoms with Gasteiger partial charge >= 0.3 is 0 Å². The molecule has 0 aromatic heterocycles. The minimum atomic E-state index is -1.58. The van der Waals surface area contributed by atoms with Gasteiger partial charge in [-0.2, -0.15) is 0 Å². The van der Waals surface area contributed by atoms with E-state index in [1.54, 1.807) is 0 Å². The van der Waals surface area contributed by atoms with Gasteiger partial charge in [-0.25, -0.2) is 0 Å². The molecule has 0 bridgehead atoms. The van der Waals surface area contributed by atoms with E-state index in [4.69, 9.17) is 4.12 Å². The molecule has 0 amide bonds. The highest BCUT2D eigenvalue weighted by Gasteiger charge is 2.27. The summed E-state index contributed by atoms with van der Waals surface area (Å²) in [6.07, 6.45) is 0. The predicted octanol–water partition coefficient (Wildman–Crippen LogP) is 2.48. The van der Waals surface area contributed by atoms with E-state index in [9.17, 15) is 0 Å². The summed E-state index contributed by atoms with van der Waals surface area (Å²) in [4.78, 5) is 0. The minimum Gasteiger partial charge on any atom is -0.449 e. The fraction of sp³-hybridized carbons (Fsp3) is 0.500. The SMILES string of the molecule is C=C[Si](C)(C)O[Si](C)(C)C=C.[Si]. The van der Waals surface area contributed by atoms with Crippen molar-refractivity contribution in [1.82, 2.24) is 0 Å². The van der Waals surface area contributed by atoms with Crippen LogP contribution < -0.4 is 0 Å². The van der Waals surface area contributed by atoms with Gasteiger partial charge in [0.25, 0.3) is 0 Å². The van der Waals surface area contributed by atoms with Crippen LogP contribution in [0.25, 0.3) is 0 Å². The Hall–Kier alpha value is 0.0906. The Bertz CT molecular complexity index is 146. The van der Waals surface area contributed by atoms with E-state index in [1.165, 1.54) is 0 Å². The lowest BCUT2D eigenvalue weighted by atomic mass is 11.3. The van der Waals surface area contributed by atoms with Gasteiger partial charge in [-0.1, -0.05) is 11.4 Å². The lowest BCUT2D eigenvalue weighted by Crippen LogP contribution is -2.41. The standard InChI is InChI=1S/C8H18OSi2.Si/c1-7-10(3,4)9-11(5,6)8-2;/h7-8H,1-2H2,3-6H3;. The Kier molecular flexibility index (Phi) is 6.04. The number of hydrogen-bond donors (Lipinski definition) is 0. The van der Waals surface area contributed by atoms with E-state index < -0.39 is 16.6 Å². The van der Waals surface area contributed by atoms with Crippen LogP contribution in [0.4, 0.5) is 0 Å². The highest BCUT2D eigenvalue weighted by molar-refractivity contribution is 6.89. The molecule has 0 atom stereocenters. The Balaban J connectivity index is 0. The van der Waals surface area contributed by atoms with Crippen LogP contribution in [0.3, 0.4) is 0 Å². The maximum atomic E-state index is 5.97. The Morgan fingerprint density at radius 2 is 1.17 bits per heavy atom. The molecular weight excluding hydrogens is 196 g/mol. The maximum Gasteiger partial charge on any atom is 0.198 e. The summed E-state index contributed by atoms with van der Waals surface area (Å²) in [5.41, 5.74) is 3.93. The molecule has 1 nitrogen and oxygen atoms in total. The van der Waals surface area contributed by atoms with Crippen molar-refractivity contribution in [2.45, 2.75) is 26.2 Å². The summed E-state index contributed by atoms with van der Waals surface area (Å²) in [5.74, 6) is 0. The van der Waals surface area contributed by atoms with Crippen molar-refractivity contribution >= 4 is 27.6 Å². The van der Waals surface area contributed by atoms with Gasteiger partial charge in [0.1, 0.15) is 0 Å². The van der Waals surface area contributed by atoms with Crippen LogP contribution in [-0.4, -0.2) is 27.6 Å². The molecule has 0 aromatic carbocycles. The average molecular weight is 214 g/mol. The molecular formula is C8H18OSi3. The first-order valence-electron chi connectivity index (χ1n) is 3.80. The summed E-state index contributed by atoms with van der Waals surface area (Å²) >= 11 is 0. The van der Waals surface area contributed by atoms with E-state index in [0.717, 1.165) is 0 Å². The van der Waals surface area contributed by atoms with Gasteiger partial charge in [-0.3, -0.25) is 0 Å². The number of hydrogen-bond acceptors (Lipinski definition) is 1. The molecule has 0 unspecified atom stereocenters. The molecule has 0 aromatic rings. The summed E-state index contributed by atoms with van der Waals surface area (Å²) in [6.45, 7) is 16.2. The van der Waals surface area contributed by atoms with E-state index in [0.29, 0.717) is 0 Å². The van der Waals surface area contributed by atoms with E-state index >= 15 is 0 Å². The third-order valence-corrected chi connectivity index (χ3v) is 7.68. The highest BCUT2D eigenvalue weighted by atomic mass is 28.4. The summed E-state index contributed by atoms with van der Waals surface area (Å²) in [5, 5.41) is 0. The zero-order valence-electron chi connectivity index (χ0n) is 8.48. The topological polar surface area (TPSA) is 9.23 Å². The minimum absolute atomic E-state index is 0. The summed E-state index contributed by atoms with van der Waals surface area (Å²) < 4.78 is 5.97. The van der Waals surface area contributed by atoms with Gasteiger partial charge in [-0.05, 0) is 26.2 Å². The van der Waals surface area contributed by atoms with Gasteiger partial charge in [-0.15, -0.1) is 13.2 Å². The van der Waals surface area contributed by atoms with Gasteiger partial charge in [0, 0.05) is 11.0 Å². The van der Waals surface area contributed by atoms with Crippen LogP contribution in [0.15, 0.2) is 24.6 Å². The Morgan fingerprint density at radius 1 is 0.917 bits per heavy atom. The fourth-order valence-electron chi connectivity index (χ4n) is 0.761. The maximum absolute atomic E-state index is 5.97. The zero-order valence-corrected chi connectivity index (χ0v) is 11.5. The quantitative estimate of drug-likeness (QED) is 0.654. The lowest BCUT2D eigenvalue weighted by molar-refractivity contribution is 0.571. The molecule has 0 saturated carbocycles. The molecule has 0 N–H and O–H groups in total. The molecule has 0 heterocycles. The molecule has 4 radical (unpaired) electrons. The van der Waals surface area contributed by atoms with Crippen LogP contribution >= 0.6 is 0 Å². The van der Waals surface area contributed by atoms with Crippen LogP contribution in [0, 0.1) is 0 Å². The van der Waals surface area contributed by atoms with Crippen molar-refractivity contribution in [3.05, 3.63) is 24.6 Å². The van der Waals surface area contributed by atoms with Crippen molar-refractivity contribution < 1.29 is 4.12 Å². The Labute approximate surface area is 82.8 Å². The second kappa shape index (κ2) is 4.96. The second-order valence-corrected chi connectivity index (χ2v) is 11.8. The van der Waals surface area contributed by atoms with E-state index in [1.807, 2.05) is 11.4 Å². The van der Waals surface area contributed by atoms with Gasteiger partial charge in [0.15, 0.2) is 16.6 Å². The van der Waals surface area contributed by atoms with Gasteiger partial charge in [0.05, 0.1) is 0 Å². The largest absolute Gasteiger partial charge is 0.449 e. The van der Waals surface area contributed by atoms with Crippen LogP contribution in [0.1, 0.15) is 0 Å². The molecule has 0 aliphatic rings.